The van der Waals surface area contributed by atoms with Gasteiger partial charge in [0.2, 0.25) is 0 Å². The van der Waals surface area contributed by atoms with Crippen molar-refractivity contribution in [2.24, 2.45) is 0 Å². The number of hydrogen-bond donors (Lipinski definition) is 0. The molecule has 0 aromatic heterocycles. The van der Waals surface area contributed by atoms with Crippen LogP contribution in [0.5, 0.6) is 0 Å². The van der Waals surface area contributed by atoms with E-state index >= 15 is 0 Å². The van der Waals surface area contributed by atoms with E-state index in [-0.39, 0.29) is 15.5 Å². The average molecular weight is 278 g/mol. The summed E-state index contributed by atoms with van der Waals surface area (Å²) in [6.45, 7) is 3.48. The fourth-order valence-electron chi connectivity index (χ4n) is 1.21. The minimum atomic E-state index is -0.0102. The van der Waals surface area contributed by atoms with E-state index in [0.29, 0.717) is 24.0 Å². The molecule has 66 valence electrons. The van der Waals surface area contributed by atoms with Crippen LogP contribution in [-0.2, 0) is 9.59 Å². The van der Waals surface area contributed by atoms with E-state index < -0.39 is 0 Å². The number of alkyl halides is 1. The maximum absolute atomic E-state index is 11.5. The van der Waals surface area contributed by atoms with Crippen LogP contribution in [0.15, 0.2) is 11.1 Å². The molecule has 3 heteroatoms. The number of hydrogen-bond acceptors (Lipinski definition) is 2. The molecule has 0 aromatic rings. The lowest BCUT2D eigenvalue weighted by Gasteiger charge is -2.03. The van der Waals surface area contributed by atoms with Crippen LogP contribution in [0.2, 0.25) is 0 Å². The Hall–Kier alpha value is -0.190. The lowest BCUT2D eigenvalue weighted by atomic mass is 10.1. The van der Waals surface area contributed by atoms with Gasteiger partial charge in [-0.3, -0.25) is 9.59 Å². The van der Waals surface area contributed by atoms with Crippen molar-refractivity contribution in [3.63, 3.8) is 0 Å². The van der Waals surface area contributed by atoms with Gasteiger partial charge in [-0.05, 0) is 31.4 Å². The molecular formula is C9H11IO2. The lowest BCUT2D eigenvalue weighted by Crippen LogP contribution is -2.13. The van der Waals surface area contributed by atoms with E-state index in [2.05, 4.69) is 22.6 Å². The quantitative estimate of drug-likeness (QED) is 0.502. The summed E-state index contributed by atoms with van der Waals surface area (Å²) < 4.78 is -0.0102. The van der Waals surface area contributed by atoms with E-state index in [1.54, 1.807) is 13.8 Å². The Morgan fingerprint density at radius 2 is 1.83 bits per heavy atom. The smallest absolute Gasteiger partial charge is 0.171 e. The highest BCUT2D eigenvalue weighted by Crippen LogP contribution is 2.22. The van der Waals surface area contributed by atoms with E-state index in [1.165, 1.54) is 0 Å². The minimum absolute atomic E-state index is 0.0102. The number of Topliss-reactive ketones (excluding diaryl/α,β-unsaturated/α-hetero) is 2. The molecule has 1 atom stereocenters. The SMILES string of the molecule is CC1=C(C)C(=O)C(I)CCC1=O. The summed E-state index contributed by atoms with van der Waals surface area (Å²) in [6.07, 6.45) is 1.20. The van der Waals surface area contributed by atoms with Gasteiger partial charge in [-0.2, -0.15) is 0 Å². The van der Waals surface area contributed by atoms with E-state index in [0.717, 1.165) is 0 Å². The van der Waals surface area contributed by atoms with E-state index in [4.69, 9.17) is 0 Å². The first-order valence-electron chi connectivity index (χ1n) is 3.93. The van der Waals surface area contributed by atoms with Gasteiger partial charge in [-0.25, -0.2) is 0 Å². The molecule has 0 aliphatic heterocycles. The van der Waals surface area contributed by atoms with Gasteiger partial charge in [0.15, 0.2) is 11.6 Å². The van der Waals surface area contributed by atoms with Crippen molar-refractivity contribution in [2.75, 3.05) is 0 Å². The summed E-state index contributed by atoms with van der Waals surface area (Å²) in [5, 5.41) is 0. The number of carbonyl (C=O) groups is 2. The van der Waals surface area contributed by atoms with Crippen LogP contribution in [0.4, 0.5) is 0 Å². The molecule has 0 fully saturated rings. The monoisotopic (exact) mass is 278 g/mol. The Kier molecular flexibility index (Phi) is 3.04. The van der Waals surface area contributed by atoms with Crippen LogP contribution >= 0.6 is 22.6 Å². The van der Waals surface area contributed by atoms with Gasteiger partial charge < -0.3 is 0 Å². The van der Waals surface area contributed by atoms with Gasteiger partial charge in [0.1, 0.15) is 0 Å². The Balaban J connectivity index is 3.05. The van der Waals surface area contributed by atoms with E-state index in [1.807, 2.05) is 0 Å². The zero-order chi connectivity index (χ0) is 9.30. The Bertz CT molecular complexity index is 266. The van der Waals surface area contributed by atoms with Crippen molar-refractivity contribution < 1.29 is 9.59 Å². The average Bonchev–Trinajstić information content (AvgIpc) is 2.14. The Morgan fingerprint density at radius 1 is 1.25 bits per heavy atom. The zero-order valence-electron chi connectivity index (χ0n) is 7.19. The predicted octanol–water partition coefficient (Wildman–Crippen LogP) is 2.06. The molecule has 0 bridgehead atoms. The predicted molar refractivity (Wildman–Crippen MR) is 55.4 cm³/mol. The molecule has 1 aliphatic carbocycles. The van der Waals surface area contributed by atoms with Crippen molar-refractivity contribution in [3.05, 3.63) is 11.1 Å². The fraction of sp³-hybridized carbons (Fsp3) is 0.556. The maximum atomic E-state index is 11.5. The molecule has 0 saturated heterocycles. The number of allylic oxidation sites excluding steroid dienone is 2. The van der Waals surface area contributed by atoms with Crippen LogP contribution in [-0.4, -0.2) is 15.5 Å². The van der Waals surface area contributed by atoms with E-state index in [9.17, 15) is 9.59 Å². The van der Waals surface area contributed by atoms with Gasteiger partial charge >= 0.3 is 0 Å². The Labute approximate surface area is 85.5 Å². The first kappa shape index (κ1) is 9.89. The highest BCUT2D eigenvalue weighted by atomic mass is 127. The third-order valence-corrected chi connectivity index (χ3v) is 3.45. The number of rotatable bonds is 0. The van der Waals surface area contributed by atoms with Crippen LogP contribution in [0.25, 0.3) is 0 Å². The first-order valence-corrected chi connectivity index (χ1v) is 5.17. The topological polar surface area (TPSA) is 34.1 Å². The zero-order valence-corrected chi connectivity index (χ0v) is 9.34. The van der Waals surface area contributed by atoms with Gasteiger partial charge in [-0.15, -0.1) is 0 Å². The number of carbonyl (C=O) groups excluding carboxylic acids is 2. The summed E-state index contributed by atoms with van der Waals surface area (Å²) in [5.74, 6) is 0.249. The first-order chi connectivity index (χ1) is 5.54. The third kappa shape index (κ3) is 1.76. The summed E-state index contributed by atoms with van der Waals surface area (Å²) in [4.78, 5) is 22.8. The summed E-state index contributed by atoms with van der Waals surface area (Å²) in [6, 6.07) is 0. The van der Waals surface area contributed by atoms with Crippen LogP contribution in [0.1, 0.15) is 26.7 Å². The largest absolute Gasteiger partial charge is 0.295 e. The summed E-state index contributed by atoms with van der Waals surface area (Å²) in [7, 11) is 0. The molecule has 1 aliphatic rings. The highest BCUT2D eigenvalue weighted by molar-refractivity contribution is 14.1. The normalized spacial score (nSPS) is 26.1. The Morgan fingerprint density at radius 3 is 2.42 bits per heavy atom. The molecule has 0 N–H and O–H groups in total. The second-order valence-corrected chi connectivity index (χ2v) is 4.55. The fourth-order valence-corrected chi connectivity index (χ4v) is 1.98. The van der Waals surface area contributed by atoms with Crippen LogP contribution in [0, 0.1) is 0 Å². The molecule has 0 aromatic carbocycles. The van der Waals surface area contributed by atoms with Crippen LogP contribution in [0.3, 0.4) is 0 Å². The maximum Gasteiger partial charge on any atom is 0.171 e. The molecule has 0 heterocycles. The number of ketones is 2. The number of halogens is 1. The lowest BCUT2D eigenvalue weighted by molar-refractivity contribution is -0.116. The van der Waals surface area contributed by atoms with Crippen molar-refractivity contribution in [2.45, 2.75) is 30.6 Å². The van der Waals surface area contributed by atoms with Gasteiger partial charge in [0.05, 0.1) is 3.92 Å². The molecule has 12 heavy (non-hydrogen) atoms. The molecule has 0 saturated carbocycles. The molecule has 0 radical (unpaired) electrons. The van der Waals surface area contributed by atoms with Crippen molar-refractivity contribution in [1.82, 2.24) is 0 Å². The third-order valence-electron chi connectivity index (χ3n) is 2.26. The standard InChI is InChI=1S/C9H11IO2/c1-5-6(2)9(12)7(10)3-4-8(5)11/h7H,3-4H2,1-2H3. The molecule has 2 nitrogen and oxygen atoms in total. The van der Waals surface area contributed by atoms with Gasteiger partial charge in [0, 0.05) is 6.42 Å². The van der Waals surface area contributed by atoms with Crippen molar-refractivity contribution in [1.29, 1.82) is 0 Å². The van der Waals surface area contributed by atoms with Gasteiger partial charge in [-0.1, -0.05) is 22.6 Å². The molecular weight excluding hydrogens is 267 g/mol. The molecule has 1 rings (SSSR count). The van der Waals surface area contributed by atoms with Gasteiger partial charge in [0.25, 0.3) is 0 Å². The summed E-state index contributed by atoms with van der Waals surface area (Å²) >= 11 is 2.11. The molecule has 0 spiro atoms. The highest BCUT2D eigenvalue weighted by Gasteiger charge is 2.24. The second kappa shape index (κ2) is 3.68. The summed E-state index contributed by atoms with van der Waals surface area (Å²) in [5.41, 5.74) is 1.30. The van der Waals surface area contributed by atoms with Crippen molar-refractivity contribution >= 4 is 34.2 Å². The minimum Gasteiger partial charge on any atom is -0.295 e. The van der Waals surface area contributed by atoms with Crippen molar-refractivity contribution in [3.8, 4) is 0 Å². The molecule has 1 unspecified atom stereocenters. The molecule has 0 amide bonds. The van der Waals surface area contributed by atoms with Crippen LogP contribution < -0.4 is 0 Å². The second-order valence-electron chi connectivity index (χ2n) is 3.04.